The van der Waals surface area contributed by atoms with E-state index < -0.39 is 0 Å². The van der Waals surface area contributed by atoms with Gasteiger partial charge in [-0.3, -0.25) is 4.99 Å². The van der Waals surface area contributed by atoms with Crippen molar-refractivity contribution in [3.63, 3.8) is 0 Å². The summed E-state index contributed by atoms with van der Waals surface area (Å²) in [5.74, 6) is 1.99. The fraction of sp³-hybridized carbons (Fsp3) is 0.316. The lowest BCUT2D eigenvalue weighted by Crippen LogP contribution is -2.38. The zero-order valence-electron chi connectivity index (χ0n) is 15.8. The Morgan fingerprint density at radius 2 is 2.07 bits per heavy atom. The van der Waals surface area contributed by atoms with Crippen molar-refractivity contribution in [2.45, 2.75) is 19.9 Å². The van der Waals surface area contributed by atoms with Gasteiger partial charge in [-0.2, -0.15) is 16.3 Å². The van der Waals surface area contributed by atoms with Crippen LogP contribution in [0.25, 0.3) is 11.4 Å². The third-order valence-corrected chi connectivity index (χ3v) is 4.84. The van der Waals surface area contributed by atoms with Crippen molar-refractivity contribution >= 4 is 52.9 Å². The molecule has 28 heavy (non-hydrogen) atoms. The molecule has 1 aromatic carbocycles. The number of rotatable bonds is 7. The van der Waals surface area contributed by atoms with Crippen molar-refractivity contribution in [2.75, 3.05) is 20.1 Å². The lowest BCUT2D eigenvalue weighted by atomic mass is 10.2. The van der Waals surface area contributed by atoms with Crippen LogP contribution in [0, 0.1) is 0 Å². The maximum atomic E-state index is 5.91. The minimum Gasteiger partial charge on any atom is -0.357 e. The molecule has 0 saturated carbocycles. The van der Waals surface area contributed by atoms with Gasteiger partial charge in [-0.05, 0) is 53.6 Å². The van der Waals surface area contributed by atoms with E-state index in [0.29, 0.717) is 29.7 Å². The Morgan fingerprint density at radius 1 is 1.29 bits per heavy atom. The second-order valence-corrected chi connectivity index (χ2v) is 7.21. The van der Waals surface area contributed by atoms with E-state index in [1.807, 2.05) is 31.3 Å². The largest absolute Gasteiger partial charge is 0.357 e. The Hall–Kier alpha value is -1.65. The molecule has 0 aliphatic heterocycles. The highest BCUT2D eigenvalue weighted by atomic mass is 127. The van der Waals surface area contributed by atoms with Gasteiger partial charge in [0.2, 0.25) is 11.7 Å². The summed E-state index contributed by atoms with van der Waals surface area (Å²) in [6, 6.07) is 9.49. The van der Waals surface area contributed by atoms with Crippen LogP contribution < -0.4 is 5.32 Å². The molecule has 6 nitrogen and oxygen atoms in total. The molecule has 0 atom stereocenters. The van der Waals surface area contributed by atoms with Crippen LogP contribution in [0.3, 0.4) is 0 Å². The highest BCUT2D eigenvalue weighted by Gasteiger charge is 2.10. The van der Waals surface area contributed by atoms with E-state index in [4.69, 9.17) is 16.1 Å². The second-order valence-electron chi connectivity index (χ2n) is 5.99. The number of guanidine groups is 1. The summed E-state index contributed by atoms with van der Waals surface area (Å²) in [4.78, 5) is 11.2. The second kappa shape index (κ2) is 11.4. The molecular formula is C19H23ClIN5OS. The Bertz CT molecular complexity index is 867. The van der Waals surface area contributed by atoms with Crippen molar-refractivity contribution in [1.29, 1.82) is 0 Å². The zero-order chi connectivity index (χ0) is 19.1. The van der Waals surface area contributed by atoms with E-state index in [-0.39, 0.29) is 24.0 Å². The van der Waals surface area contributed by atoms with E-state index in [0.717, 1.165) is 24.6 Å². The van der Waals surface area contributed by atoms with Gasteiger partial charge in [-0.15, -0.1) is 24.0 Å². The number of halogens is 2. The fourth-order valence-electron chi connectivity index (χ4n) is 2.53. The first-order valence-corrected chi connectivity index (χ1v) is 10.1. The highest BCUT2D eigenvalue weighted by Crippen LogP contribution is 2.18. The van der Waals surface area contributed by atoms with Crippen LogP contribution in [0.1, 0.15) is 18.4 Å². The number of nitrogens with one attached hydrogen (secondary N) is 1. The number of thiophene rings is 1. The summed E-state index contributed by atoms with van der Waals surface area (Å²) in [5.41, 5.74) is 2.15. The maximum Gasteiger partial charge on any atom is 0.228 e. The molecule has 150 valence electrons. The molecule has 0 unspecified atom stereocenters. The number of nitrogens with zero attached hydrogens (tertiary/aromatic N) is 4. The van der Waals surface area contributed by atoms with Gasteiger partial charge < -0.3 is 14.7 Å². The molecule has 0 amide bonds. The summed E-state index contributed by atoms with van der Waals surface area (Å²) in [6.45, 7) is 4.26. The molecule has 0 saturated heterocycles. The van der Waals surface area contributed by atoms with Gasteiger partial charge in [-0.25, -0.2) is 0 Å². The van der Waals surface area contributed by atoms with Crippen LogP contribution in [0.5, 0.6) is 0 Å². The van der Waals surface area contributed by atoms with Gasteiger partial charge in [0.1, 0.15) is 0 Å². The average molecular weight is 532 g/mol. The van der Waals surface area contributed by atoms with Gasteiger partial charge in [-0.1, -0.05) is 16.8 Å². The minimum atomic E-state index is 0. The third kappa shape index (κ3) is 6.46. The number of aliphatic imine (C=N–C) groups is 1. The maximum absolute atomic E-state index is 5.91. The van der Waals surface area contributed by atoms with Crippen LogP contribution >= 0.6 is 46.9 Å². The minimum absolute atomic E-state index is 0. The first-order chi connectivity index (χ1) is 13.2. The highest BCUT2D eigenvalue weighted by molar-refractivity contribution is 14.0. The standard InChI is InChI=1S/C19H22ClN5OS.HI/c1-3-21-19(25(2)12-14-9-11-27-13-14)22-10-8-17-23-18(24-26-17)15-4-6-16(20)7-5-15;/h4-7,9,11,13H,3,8,10,12H2,1-2H3,(H,21,22);1H. The molecule has 1 N–H and O–H groups in total. The molecule has 2 heterocycles. The summed E-state index contributed by atoms with van der Waals surface area (Å²) >= 11 is 7.61. The van der Waals surface area contributed by atoms with E-state index >= 15 is 0 Å². The van der Waals surface area contributed by atoms with Crippen molar-refractivity contribution in [1.82, 2.24) is 20.4 Å². The average Bonchev–Trinajstić information content (AvgIpc) is 3.34. The molecule has 9 heteroatoms. The van der Waals surface area contributed by atoms with Crippen molar-refractivity contribution in [3.05, 3.63) is 57.6 Å². The van der Waals surface area contributed by atoms with E-state index in [1.54, 1.807) is 11.3 Å². The number of benzene rings is 1. The van der Waals surface area contributed by atoms with Gasteiger partial charge in [0, 0.05) is 37.1 Å². The molecule has 0 radical (unpaired) electrons. The zero-order valence-corrected chi connectivity index (χ0v) is 19.7. The molecule has 3 rings (SSSR count). The molecule has 0 fully saturated rings. The molecule has 0 bridgehead atoms. The van der Waals surface area contributed by atoms with Gasteiger partial charge >= 0.3 is 0 Å². The number of aromatic nitrogens is 2. The normalized spacial score (nSPS) is 11.2. The number of hydrogen-bond donors (Lipinski definition) is 1. The summed E-state index contributed by atoms with van der Waals surface area (Å²) in [5, 5.41) is 12.3. The van der Waals surface area contributed by atoms with Gasteiger partial charge in [0.05, 0.1) is 6.54 Å². The molecule has 0 aliphatic carbocycles. The van der Waals surface area contributed by atoms with Crippen LogP contribution in [-0.4, -0.2) is 41.1 Å². The van der Waals surface area contributed by atoms with E-state index in [1.165, 1.54) is 5.56 Å². The third-order valence-electron chi connectivity index (χ3n) is 3.85. The van der Waals surface area contributed by atoms with Gasteiger partial charge in [0.15, 0.2) is 5.96 Å². The molecule has 2 aromatic heterocycles. The quantitative estimate of drug-likeness (QED) is 0.272. The van der Waals surface area contributed by atoms with Crippen molar-refractivity contribution in [3.8, 4) is 11.4 Å². The Labute approximate surface area is 191 Å². The molecule has 3 aromatic rings. The lowest BCUT2D eigenvalue weighted by molar-refractivity contribution is 0.380. The molecular weight excluding hydrogens is 509 g/mol. The Balaban J connectivity index is 0.00000280. The summed E-state index contributed by atoms with van der Waals surface area (Å²) < 4.78 is 5.34. The van der Waals surface area contributed by atoms with Crippen LogP contribution in [0.2, 0.25) is 5.02 Å². The van der Waals surface area contributed by atoms with Crippen LogP contribution in [0.4, 0.5) is 0 Å². The fourth-order valence-corrected chi connectivity index (χ4v) is 3.32. The van der Waals surface area contributed by atoms with Crippen molar-refractivity contribution < 1.29 is 4.52 Å². The topological polar surface area (TPSA) is 66.5 Å². The summed E-state index contributed by atoms with van der Waals surface area (Å²) in [6.07, 6.45) is 0.585. The summed E-state index contributed by atoms with van der Waals surface area (Å²) in [7, 11) is 2.03. The predicted octanol–water partition coefficient (Wildman–Crippen LogP) is 4.71. The van der Waals surface area contributed by atoms with E-state index in [9.17, 15) is 0 Å². The Kier molecular flexibility index (Phi) is 9.20. The SMILES string of the molecule is CCNC(=NCCc1nc(-c2ccc(Cl)cc2)no1)N(C)Cc1ccsc1.I. The van der Waals surface area contributed by atoms with Crippen LogP contribution in [0.15, 0.2) is 50.6 Å². The smallest absolute Gasteiger partial charge is 0.228 e. The predicted molar refractivity (Wildman–Crippen MR) is 126 cm³/mol. The first-order valence-electron chi connectivity index (χ1n) is 8.74. The first kappa shape index (κ1) is 22.6. The van der Waals surface area contributed by atoms with Crippen LogP contribution in [-0.2, 0) is 13.0 Å². The molecule has 0 aliphatic rings. The Morgan fingerprint density at radius 3 is 2.75 bits per heavy atom. The number of hydrogen-bond acceptors (Lipinski definition) is 5. The van der Waals surface area contributed by atoms with Gasteiger partial charge in [0.25, 0.3) is 0 Å². The monoisotopic (exact) mass is 531 g/mol. The van der Waals surface area contributed by atoms with Crippen molar-refractivity contribution in [2.24, 2.45) is 4.99 Å². The van der Waals surface area contributed by atoms with E-state index in [2.05, 4.69) is 49.1 Å². The lowest BCUT2D eigenvalue weighted by Gasteiger charge is -2.21. The molecule has 0 spiro atoms.